The number of carbonyl (C=O) groups excluding carboxylic acids is 1. The van der Waals surface area contributed by atoms with Crippen LogP contribution in [0.4, 0.5) is 0 Å². The number of amides is 1. The smallest absolute Gasteiger partial charge is 0.307 e. The summed E-state index contributed by atoms with van der Waals surface area (Å²) in [5.74, 6) is -0.129. The molecular weight excluding hydrogens is 268 g/mol. The first kappa shape index (κ1) is 15.9. The van der Waals surface area contributed by atoms with Gasteiger partial charge in [0, 0.05) is 37.7 Å². The number of carbonyl (C=O) groups is 1. The summed E-state index contributed by atoms with van der Waals surface area (Å²) in [4.78, 5) is 22.9. The van der Waals surface area contributed by atoms with E-state index in [2.05, 4.69) is 5.32 Å². The van der Waals surface area contributed by atoms with Crippen LogP contribution < -0.4 is 10.2 Å². The molecule has 19 heavy (non-hydrogen) atoms. The van der Waals surface area contributed by atoms with Crippen molar-refractivity contribution >= 4 is 17.2 Å². The monoisotopic (exact) mass is 288 g/mol. The number of rotatable bonds is 8. The van der Waals surface area contributed by atoms with Gasteiger partial charge in [0.15, 0.2) is 0 Å². The van der Waals surface area contributed by atoms with E-state index < -0.39 is 6.10 Å². The predicted octanol–water partition coefficient (Wildman–Crippen LogP) is 0.122. The van der Waals surface area contributed by atoms with Crippen molar-refractivity contribution in [3.8, 4) is 0 Å². The van der Waals surface area contributed by atoms with Crippen LogP contribution in [0.1, 0.15) is 18.5 Å². The fraction of sp³-hybridized carbons (Fsp3) is 0.667. The van der Waals surface area contributed by atoms with Crippen molar-refractivity contribution in [1.82, 2.24) is 9.88 Å². The van der Waals surface area contributed by atoms with E-state index in [9.17, 15) is 14.7 Å². The molecule has 1 atom stereocenters. The lowest BCUT2D eigenvalue weighted by atomic mass is 10.2. The van der Waals surface area contributed by atoms with Gasteiger partial charge in [0.2, 0.25) is 5.91 Å². The average Bonchev–Trinajstić information content (AvgIpc) is 2.68. The Bertz CT molecular complexity index is 455. The van der Waals surface area contributed by atoms with E-state index in [1.165, 1.54) is 18.4 Å². The summed E-state index contributed by atoms with van der Waals surface area (Å²) < 4.78 is 6.42. The Hall–Kier alpha value is -1.18. The number of aliphatic hydroxyl groups is 1. The van der Waals surface area contributed by atoms with Gasteiger partial charge in [0.1, 0.15) is 0 Å². The molecule has 0 aliphatic heterocycles. The molecule has 1 aromatic heterocycles. The Balaban J connectivity index is 2.22. The fourth-order valence-corrected chi connectivity index (χ4v) is 2.40. The predicted molar refractivity (Wildman–Crippen MR) is 73.4 cm³/mol. The minimum Gasteiger partial charge on any atom is -0.389 e. The van der Waals surface area contributed by atoms with Crippen LogP contribution in [0.3, 0.4) is 0 Å². The lowest BCUT2D eigenvalue weighted by molar-refractivity contribution is -0.121. The third kappa shape index (κ3) is 5.54. The quantitative estimate of drug-likeness (QED) is 0.712. The van der Waals surface area contributed by atoms with Crippen LogP contribution in [0.15, 0.2) is 10.2 Å². The first-order valence-electron chi connectivity index (χ1n) is 6.13. The number of hydrogen-bond donors (Lipinski definition) is 2. The molecule has 1 rings (SSSR count). The highest BCUT2D eigenvalue weighted by Gasteiger charge is 2.07. The van der Waals surface area contributed by atoms with Crippen molar-refractivity contribution in [2.45, 2.75) is 32.4 Å². The van der Waals surface area contributed by atoms with Gasteiger partial charge in [-0.25, -0.2) is 0 Å². The zero-order chi connectivity index (χ0) is 14.3. The molecule has 108 valence electrons. The van der Waals surface area contributed by atoms with Crippen LogP contribution in [0.5, 0.6) is 0 Å². The fourth-order valence-electron chi connectivity index (χ4n) is 1.64. The SMILES string of the molecule is COCC(O)CNC(=O)CCCn1c(C)csc1=O. The van der Waals surface area contributed by atoms with Crippen LogP contribution >= 0.6 is 11.3 Å². The van der Waals surface area contributed by atoms with Gasteiger partial charge in [-0.3, -0.25) is 9.59 Å². The first-order chi connectivity index (χ1) is 9.04. The number of aryl methyl sites for hydroxylation is 1. The molecule has 6 nitrogen and oxygen atoms in total. The van der Waals surface area contributed by atoms with E-state index in [1.54, 1.807) is 4.57 Å². The topological polar surface area (TPSA) is 80.6 Å². The molecule has 7 heteroatoms. The normalized spacial score (nSPS) is 12.4. The second-order valence-corrected chi connectivity index (χ2v) is 5.13. The third-order valence-electron chi connectivity index (χ3n) is 2.66. The number of nitrogens with zero attached hydrogens (tertiary/aromatic N) is 1. The summed E-state index contributed by atoms with van der Waals surface area (Å²) in [7, 11) is 1.49. The van der Waals surface area contributed by atoms with Crippen LogP contribution in [0.25, 0.3) is 0 Å². The second kappa shape index (κ2) is 8.08. The summed E-state index contributed by atoms with van der Waals surface area (Å²) in [6.45, 7) is 2.80. The first-order valence-corrected chi connectivity index (χ1v) is 7.01. The van der Waals surface area contributed by atoms with Crippen molar-refractivity contribution in [2.24, 2.45) is 0 Å². The van der Waals surface area contributed by atoms with Crippen LogP contribution in [-0.2, 0) is 16.1 Å². The van der Waals surface area contributed by atoms with E-state index >= 15 is 0 Å². The van der Waals surface area contributed by atoms with E-state index in [0.29, 0.717) is 19.4 Å². The summed E-state index contributed by atoms with van der Waals surface area (Å²) in [5, 5.41) is 13.8. The largest absolute Gasteiger partial charge is 0.389 e. The molecular formula is C12H20N2O4S. The highest BCUT2D eigenvalue weighted by atomic mass is 32.1. The molecule has 2 N–H and O–H groups in total. The van der Waals surface area contributed by atoms with Crippen LogP contribution in [0.2, 0.25) is 0 Å². The molecule has 1 amide bonds. The molecule has 1 heterocycles. The lowest BCUT2D eigenvalue weighted by Gasteiger charge is -2.10. The molecule has 0 spiro atoms. The third-order valence-corrected chi connectivity index (χ3v) is 3.54. The lowest BCUT2D eigenvalue weighted by Crippen LogP contribution is -2.34. The minimum atomic E-state index is -0.685. The maximum absolute atomic E-state index is 11.5. The Morgan fingerprint density at radius 3 is 2.95 bits per heavy atom. The molecule has 0 aliphatic carbocycles. The van der Waals surface area contributed by atoms with Crippen LogP contribution in [0, 0.1) is 6.92 Å². The highest BCUT2D eigenvalue weighted by Crippen LogP contribution is 2.02. The van der Waals surface area contributed by atoms with Crippen molar-refractivity contribution < 1.29 is 14.6 Å². The van der Waals surface area contributed by atoms with Gasteiger partial charge >= 0.3 is 4.87 Å². The zero-order valence-electron chi connectivity index (χ0n) is 11.2. The second-order valence-electron chi connectivity index (χ2n) is 4.31. The molecule has 0 fully saturated rings. The van der Waals surface area contributed by atoms with Gasteiger partial charge in [-0.05, 0) is 13.3 Å². The maximum Gasteiger partial charge on any atom is 0.307 e. The molecule has 1 aromatic rings. The number of aliphatic hydroxyl groups excluding tert-OH is 1. The van der Waals surface area contributed by atoms with Gasteiger partial charge in [-0.15, -0.1) is 0 Å². The Morgan fingerprint density at radius 1 is 1.63 bits per heavy atom. The van der Waals surface area contributed by atoms with Crippen LogP contribution in [-0.4, -0.2) is 41.9 Å². The van der Waals surface area contributed by atoms with Gasteiger partial charge < -0.3 is 19.7 Å². The molecule has 0 saturated carbocycles. The summed E-state index contributed by atoms with van der Waals surface area (Å²) >= 11 is 1.17. The molecule has 1 unspecified atom stereocenters. The van der Waals surface area contributed by atoms with Crippen molar-refractivity contribution in [2.75, 3.05) is 20.3 Å². The average molecular weight is 288 g/mol. The highest BCUT2D eigenvalue weighted by molar-refractivity contribution is 7.07. The van der Waals surface area contributed by atoms with E-state index in [4.69, 9.17) is 4.74 Å². The number of hydrogen-bond acceptors (Lipinski definition) is 5. The van der Waals surface area contributed by atoms with Crippen molar-refractivity contribution in [3.63, 3.8) is 0 Å². The zero-order valence-corrected chi connectivity index (χ0v) is 12.0. The van der Waals surface area contributed by atoms with E-state index in [0.717, 1.165) is 5.69 Å². The summed E-state index contributed by atoms with van der Waals surface area (Å²) in [5.41, 5.74) is 0.922. The van der Waals surface area contributed by atoms with E-state index in [1.807, 2.05) is 12.3 Å². The molecule has 0 aromatic carbocycles. The Morgan fingerprint density at radius 2 is 2.37 bits per heavy atom. The molecule has 0 radical (unpaired) electrons. The maximum atomic E-state index is 11.5. The molecule has 0 bridgehead atoms. The number of thiazole rings is 1. The summed E-state index contributed by atoms with van der Waals surface area (Å²) in [6.07, 6.45) is 0.251. The number of aromatic nitrogens is 1. The van der Waals surface area contributed by atoms with Crippen molar-refractivity contribution in [1.29, 1.82) is 0 Å². The summed E-state index contributed by atoms with van der Waals surface area (Å²) in [6, 6.07) is 0. The van der Waals surface area contributed by atoms with Gasteiger partial charge in [0.05, 0.1) is 12.7 Å². The minimum absolute atomic E-state index is 0.00780. The Labute approximate surface area is 116 Å². The van der Waals surface area contributed by atoms with Crippen molar-refractivity contribution in [3.05, 3.63) is 20.7 Å². The number of ether oxygens (including phenoxy) is 1. The Kier molecular flexibility index (Phi) is 6.75. The van der Waals surface area contributed by atoms with Gasteiger partial charge in [0.25, 0.3) is 0 Å². The van der Waals surface area contributed by atoms with Gasteiger partial charge in [-0.1, -0.05) is 11.3 Å². The molecule has 0 aliphatic rings. The van der Waals surface area contributed by atoms with Gasteiger partial charge in [-0.2, -0.15) is 0 Å². The number of methoxy groups -OCH3 is 1. The number of nitrogens with one attached hydrogen (secondary N) is 1. The standard InChI is InChI=1S/C12H20N2O4S/c1-9-8-19-12(17)14(9)5-3-4-11(16)13-6-10(15)7-18-2/h8,10,15H,3-7H2,1-2H3,(H,13,16). The van der Waals surface area contributed by atoms with E-state index in [-0.39, 0.29) is 23.9 Å². The molecule has 0 saturated heterocycles.